The van der Waals surface area contributed by atoms with Crippen molar-refractivity contribution in [3.05, 3.63) is 23.7 Å². The fourth-order valence-corrected chi connectivity index (χ4v) is 1.95. The topological polar surface area (TPSA) is 28.4 Å². The van der Waals surface area contributed by atoms with Crippen molar-refractivity contribution >= 4 is 0 Å². The fraction of sp³-hybridized carbons (Fsp3) is 0.733. The van der Waals surface area contributed by atoms with Gasteiger partial charge in [0.25, 0.3) is 0 Å². The average molecular weight is 252 g/mol. The molecule has 3 nitrogen and oxygen atoms in total. The van der Waals surface area contributed by atoms with Crippen molar-refractivity contribution in [2.45, 2.75) is 53.8 Å². The van der Waals surface area contributed by atoms with Crippen LogP contribution in [0.3, 0.4) is 0 Å². The predicted octanol–water partition coefficient (Wildman–Crippen LogP) is 3.26. The van der Waals surface area contributed by atoms with E-state index in [0.717, 1.165) is 37.7 Å². The zero-order valence-corrected chi connectivity index (χ0v) is 12.5. The fourth-order valence-electron chi connectivity index (χ4n) is 1.95. The molecule has 0 aliphatic heterocycles. The highest BCUT2D eigenvalue weighted by molar-refractivity contribution is 5.07. The van der Waals surface area contributed by atoms with Gasteiger partial charge in [-0.3, -0.25) is 4.90 Å². The molecule has 1 rings (SSSR count). The van der Waals surface area contributed by atoms with Gasteiger partial charge in [-0.15, -0.1) is 0 Å². The van der Waals surface area contributed by atoms with Crippen LogP contribution in [0, 0.1) is 5.92 Å². The quantitative estimate of drug-likeness (QED) is 0.770. The molecule has 0 fully saturated rings. The van der Waals surface area contributed by atoms with E-state index in [4.69, 9.17) is 4.42 Å². The van der Waals surface area contributed by atoms with Gasteiger partial charge in [0.05, 0.1) is 13.1 Å². The van der Waals surface area contributed by atoms with Gasteiger partial charge < -0.3 is 9.73 Å². The second kappa shape index (κ2) is 7.59. The van der Waals surface area contributed by atoms with Crippen molar-refractivity contribution in [1.82, 2.24) is 10.2 Å². The van der Waals surface area contributed by atoms with Crippen LogP contribution < -0.4 is 5.32 Å². The Kier molecular flexibility index (Phi) is 6.44. The number of hydrogen-bond acceptors (Lipinski definition) is 3. The third-order valence-electron chi connectivity index (χ3n) is 2.85. The minimum atomic E-state index is 0.492. The first-order valence-corrected chi connectivity index (χ1v) is 7.04. The lowest BCUT2D eigenvalue weighted by Gasteiger charge is -2.21. The van der Waals surface area contributed by atoms with E-state index in [2.05, 4.69) is 57.0 Å². The van der Waals surface area contributed by atoms with Crippen molar-refractivity contribution in [2.75, 3.05) is 13.1 Å². The van der Waals surface area contributed by atoms with Gasteiger partial charge >= 0.3 is 0 Å². The minimum Gasteiger partial charge on any atom is -0.463 e. The third-order valence-corrected chi connectivity index (χ3v) is 2.85. The SMILES string of the molecule is CCN(Cc1ccc(CNC(C)C)o1)CC(C)C. The minimum absolute atomic E-state index is 0.492. The number of rotatable bonds is 8. The number of nitrogens with one attached hydrogen (secondary N) is 1. The van der Waals surface area contributed by atoms with Gasteiger partial charge in [-0.2, -0.15) is 0 Å². The van der Waals surface area contributed by atoms with E-state index in [1.54, 1.807) is 0 Å². The number of nitrogens with zero attached hydrogens (tertiary/aromatic N) is 1. The molecule has 0 unspecified atom stereocenters. The highest BCUT2D eigenvalue weighted by Gasteiger charge is 2.09. The lowest BCUT2D eigenvalue weighted by atomic mass is 10.2. The van der Waals surface area contributed by atoms with Crippen molar-refractivity contribution in [2.24, 2.45) is 5.92 Å². The summed E-state index contributed by atoms with van der Waals surface area (Å²) in [7, 11) is 0. The molecule has 1 N–H and O–H groups in total. The van der Waals surface area contributed by atoms with Gasteiger partial charge in [0, 0.05) is 12.6 Å². The molecule has 0 saturated carbocycles. The van der Waals surface area contributed by atoms with Crippen LogP contribution in [0.25, 0.3) is 0 Å². The Morgan fingerprint density at radius 3 is 2.39 bits per heavy atom. The number of hydrogen-bond donors (Lipinski definition) is 1. The molecule has 0 bridgehead atoms. The molecule has 0 atom stereocenters. The van der Waals surface area contributed by atoms with E-state index in [-0.39, 0.29) is 0 Å². The van der Waals surface area contributed by atoms with E-state index in [1.807, 2.05) is 0 Å². The van der Waals surface area contributed by atoms with Crippen LogP contribution in [0.1, 0.15) is 46.1 Å². The second-order valence-electron chi connectivity index (χ2n) is 5.63. The molecular formula is C15H28N2O. The molecule has 0 radical (unpaired) electrons. The van der Waals surface area contributed by atoms with Crippen LogP contribution in [-0.4, -0.2) is 24.0 Å². The predicted molar refractivity (Wildman–Crippen MR) is 76.5 cm³/mol. The van der Waals surface area contributed by atoms with E-state index >= 15 is 0 Å². The van der Waals surface area contributed by atoms with E-state index in [9.17, 15) is 0 Å². The Morgan fingerprint density at radius 1 is 1.17 bits per heavy atom. The summed E-state index contributed by atoms with van der Waals surface area (Å²) in [5, 5.41) is 3.37. The summed E-state index contributed by atoms with van der Waals surface area (Å²) in [4.78, 5) is 2.42. The summed E-state index contributed by atoms with van der Waals surface area (Å²) in [6.07, 6.45) is 0. The third kappa shape index (κ3) is 5.69. The van der Waals surface area contributed by atoms with Crippen LogP contribution in [0.5, 0.6) is 0 Å². The van der Waals surface area contributed by atoms with E-state index < -0.39 is 0 Å². The molecule has 18 heavy (non-hydrogen) atoms. The van der Waals surface area contributed by atoms with Crippen LogP contribution in [0.2, 0.25) is 0 Å². The molecule has 1 heterocycles. The van der Waals surface area contributed by atoms with Crippen LogP contribution in [-0.2, 0) is 13.1 Å². The molecule has 104 valence electrons. The van der Waals surface area contributed by atoms with Gasteiger partial charge in [-0.05, 0) is 24.6 Å². The maximum Gasteiger partial charge on any atom is 0.118 e. The molecule has 3 heteroatoms. The second-order valence-corrected chi connectivity index (χ2v) is 5.63. The summed E-state index contributed by atoms with van der Waals surface area (Å²) in [5.41, 5.74) is 0. The molecule has 1 aromatic rings. The molecule has 0 aliphatic rings. The summed E-state index contributed by atoms with van der Waals surface area (Å²) < 4.78 is 5.84. The average Bonchev–Trinajstić information content (AvgIpc) is 2.72. The van der Waals surface area contributed by atoms with Gasteiger partial charge in [-0.25, -0.2) is 0 Å². The van der Waals surface area contributed by atoms with E-state index in [0.29, 0.717) is 12.0 Å². The Hall–Kier alpha value is -0.800. The highest BCUT2D eigenvalue weighted by atomic mass is 16.3. The van der Waals surface area contributed by atoms with Crippen LogP contribution in [0.4, 0.5) is 0 Å². The van der Waals surface area contributed by atoms with Crippen molar-refractivity contribution in [3.8, 4) is 0 Å². The number of furan rings is 1. The Morgan fingerprint density at radius 2 is 1.83 bits per heavy atom. The van der Waals surface area contributed by atoms with Crippen molar-refractivity contribution in [1.29, 1.82) is 0 Å². The van der Waals surface area contributed by atoms with Crippen molar-refractivity contribution < 1.29 is 4.42 Å². The maximum absolute atomic E-state index is 5.84. The first-order chi connectivity index (χ1) is 8.51. The first-order valence-electron chi connectivity index (χ1n) is 7.04. The molecule has 0 aliphatic carbocycles. The molecule has 0 saturated heterocycles. The van der Waals surface area contributed by atoms with Crippen LogP contribution >= 0.6 is 0 Å². The smallest absolute Gasteiger partial charge is 0.118 e. The van der Waals surface area contributed by atoms with Crippen LogP contribution in [0.15, 0.2) is 16.5 Å². The zero-order chi connectivity index (χ0) is 13.5. The lowest BCUT2D eigenvalue weighted by Crippen LogP contribution is -2.26. The molecule has 1 aromatic heterocycles. The molecule has 0 spiro atoms. The van der Waals surface area contributed by atoms with Gasteiger partial charge in [0.2, 0.25) is 0 Å². The Bertz CT molecular complexity index is 331. The standard InChI is InChI=1S/C15H28N2O/c1-6-17(10-12(2)3)11-15-8-7-14(18-15)9-16-13(4)5/h7-8,12-13,16H,6,9-11H2,1-5H3. The summed E-state index contributed by atoms with van der Waals surface area (Å²) in [6, 6.07) is 4.67. The largest absolute Gasteiger partial charge is 0.463 e. The Labute approximate surface area is 112 Å². The van der Waals surface area contributed by atoms with Crippen molar-refractivity contribution in [3.63, 3.8) is 0 Å². The van der Waals surface area contributed by atoms with Gasteiger partial charge in [0.1, 0.15) is 11.5 Å². The zero-order valence-electron chi connectivity index (χ0n) is 12.5. The van der Waals surface area contributed by atoms with E-state index in [1.165, 1.54) is 0 Å². The summed E-state index contributed by atoms with van der Waals surface area (Å²) >= 11 is 0. The summed E-state index contributed by atoms with van der Waals surface area (Å²) in [5.74, 6) is 2.79. The monoisotopic (exact) mass is 252 g/mol. The van der Waals surface area contributed by atoms with Gasteiger partial charge in [-0.1, -0.05) is 34.6 Å². The Balaban J connectivity index is 2.46. The first kappa shape index (κ1) is 15.3. The molecule has 0 amide bonds. The molecular weight excluding hydrogens is 224 g/mol. The summed E-state index contributed by atoms with van der Waals surface area (Å²) in [6.45, 7) is 14.9. The van der Waals surface area contributed by atoms with Gasteiger partial charge in [0.15, 0.2) is 0 Å². The lowest BCUT2D eigenvalue weighted by molar-refractivity contribution is 0.227. The maximum atomic E-state index is 5.84. The normalized spacial score (nSPS) is 12.0. The highest BCUT2D eigenvalue weighted by Crippen LogP contribution is 2.12. The molecule has 0 aromatic carbocycles.